The normalized spacial score (nSPS) is 17.4. The van der Waals surface area contributed by atoms with Gasteiger partial charge in [0.1, 0.15) is 17.5 Å². The van der Waals surface area contributed by atoms with E-state index in [1.807, 2.05) is 0 Å². The third-order valence-corrected chi connectivity index (χ3v) is 6.62. The lowest BCUT2D eigenvalue weighted by Crippen LogP contribution is -2.46. The standard InChI is InChI=1S/C24H24F2N4O/c25-18-9-7-17(8-10-18)24(12-4-13-24)23(31)27-20-15-16(6-11-19(20)26)22-29-28-21-5-2-1-3-14-30(21)22/h6-11,15H,1-5,12-14H2,(H,27,31). The number of halogens is 2. The molecule has 0 atom stereocenters. The molecular weight excluding hydrogens is 398 g/mol. The van der Waals surface area contributed by atoms with Crippen LogP contribution in [0.25, 0.3) is 11.4 Å². The molecule has 3 aromatic rings. The summed E-state index contributed by atoms with van der Waals surface area (Å²) in [6.45, 7) is 0.838. The highest BCUT2D eigenvalue weighted by Crippen LogP contribution is 2.45. The highest BCUT2D eigenvalue weighted by atomic mass is 19.1. The summed E-state index contributed by atoms with van der Waals surface area (Å²) in [6.07, 6.45) is 6.40. The fourth-order valence-corrected chi connectivity index (χ4v) is 4.65. The van der Waals surface area contributed by atoms with Gasteiger partial charge in [-0.15, -0.1) is 10.2 Å². The molecule has 2 aliphatic rings. The average Bonchev–Trinajstić information content (AvgIpc) is 2.98. The second-order valence-corrected chi connectivity index (χ2v) is 8.49. The van der Waals surface area contributed by atoms with Gasteiger partial charge in [0.25, 0.3) is 0 Å². The molecule has 160 valence electrons. The molecule has 7 heteroatoms. The molecular formula is C24H24F2N4O. The topological polar surface area (TPSA) is 59.8 Å². The number of hydrogen-bond acceptors (Lipinski definition) is 3. The lowest BCUT2D eigenvalue weighted by molar-refractivity contribution is -0.124. The Hall–Kier alpha value is -3.09. The number of rotatable bonds is 4. The van der Waals surface area contributed by atoms with E-state index in [0.29, 0.717) is 18.7 Å². The molecule has 5 rings (SSSR count). The first kappa shape index (κ1) is 19.8. The maximum atomic E-state index is 14.6. The fourth-order valence-electron chi connectivity index (χ4n) is 4.65. The largest absolute Gasteiger partial charge is 0.323 e. The van der Waals surface area contributed by atoms with Crippen LogP contribution in [-0.2, 0) is 23.2 Å². The molecule has 31 heavy (non-hydrogen) atoms. The molecule has 2 aromatic carbocycles. The van der Waals surface area contributed by atoms with Crippen LogP contribution in [-0.4, -0.2) is 20.7 Å². The third kappa shape index (κ3) is 3.52. The van der Waals surface area contributed by atoms with E-state index in [1.165, 1.54) is 18.2 Å². The summed E-state index contributed by atoms with van der Waals surface area (Å²) in [6, 6.07) is 10.7. The molecule has 1 amide bonds. The predicted octanol–water partition coefficient (Wildman–Crippen LogP) is 5.01. The number of fused-ring (bicyclic) bond motifs is 1. The SMILES string of the molecule is O=C(Nc1cc(-c2nnc3n2CCCCC3)ccc1F)C1(c2ccc(F)cc2)CCC1. The van der Waals surface area contributed by atoms with Crippen LogP contribution in [0.5, 0.6) is 0 Å². The number of carbonyl (C=O) groups is 1. The van der Waals surface area contributed by atoms with Crippen molar-refractivity contribution in [2.75, 3.05) is 5.32 Å². The molecule has 1 aliphatic heterocycles. The highest BCUT2D eigenvalue weighted by molar-refractivity contribution is 6.00. The van der Waals surface area contributed by atoms with Gasteiger partial charge in [0, 0.05) is 18.5 Å². The van der Waals surface area contributed by atoms with Crippen LogP contribution in [0.15, 0.2) is 42.5 Å². The number of anilines is 1. The summed E-state index contributed by atoms with van der Waals surface area (Å²) in [5, 5.41) is 11.4. The quantitative estimate of drug-likeness (QED) is 0.643. The second kappa shape index (κ2) is 7.87. The van der Waals surface area contributed by atoms with Crippen molar-refractivity contribution in [1.29, 1.82) is 0 Å². The molecule has 5 nitrogen and oxygen atoms in total. The van der Waals surface area contributed by atoms with Gasteiger partial charge >= 0.3 is 0 Å². The fraction of sp³-hybridized carbons (Fsp3) is 0.375. The van der Waals surface area contributed by atoms with E-state index in [2.05, 4.69) is 20.1 Å². The minimum Gasteiger partial charge on any atom is -0.323 e. The van der Waals surface area contributed by atoms with Crippen molar-refractivity contribution in [3.63, 3.8) is 0 Å². The van der Waals surface area contributed by atoms with Crippen molar-refractivity contribution in [2.24, 2.45) is 0 Å². The van der Waals surface area contributed by atoms with Crippen LogP contribution < -0.4 is 5.32 Å². The van der Waals surface area contributed by atoms with Gasteiger partial charge in [-0.1, -0.05) is 25.0 Å². The van der Waals surface area contributed by atoms with E-state index in [4.69, 9.17) is 0 Å². The van der Waals surface area contributed by atoms with Gasteiger partial charge < -0.3 is 9.88 Å². The zero-order valence-electron chi connectivity index (χ0n) is 17.2. The zero-order chi connectivity index (χ0) is 21.4. The van der Waals surface area contributed by atoms with E-state index < -0.39 is 11.2 Å². The molecule has 1 fully saturated rings. The number of nitrogens with zero attached hydrogens (tertiary/aromatic N) is 3. The van der Waals surface area contributed by atoms with Crippen molar-refractivity contribution >= 4 is 11.6 Å². The van der Waals surface area contributed by atoms with Gasteiger partial charge in [-0.05, 0) is 61.6 Å². The summed E-state index contributed by atoms with van der Waals surface area (Å²) >= 11 is 0. The number of amides is 1. The van der Waals surface area contributed by atoms with Gasteiger partial charge in [0.15, 0.2) is 5.82 Å². The molecule has 1 aromatic heterocycles. The van der Waals surface area contributed by atoms with Gasteiger partial charge in [-0.3, -0.25) is 4.79 Å². The number of aryl methyl sites for hydroxylation is 1. The lowest BCUT2D eigenvalue weighted by atomic mass is 9.64. The van der Waals surface area contributed by atoms with E-state index in [0.717, 1.165) is 55.6 Å². The molecule has 0 unspecified atom stereocenters. The van der Waals surface area contributed by atoms with Crippen LogP contribution in [0.2, 0.25) is 0 Å². The molecule has 0 spiro atoms. The number of hydrogen-bond donors (Lipinski definition) is 1. The molecule has 0 bridgehead atoms. The Morgan fingerprint density at radius 2 is 1.77 bits per heavy atom. The number of carbonyl (C=O) groups excluding carboxylic acids is 1. The smallest absolute Gasteiger partial charge is 0.235 e. The number of nitrogens with one attached hydrogen (secondary N) is 1. The molecule has 1 aliphatic carbocycles. The number of benzene rings is 2. The summed E-state index contributed by atoms with van der Waals surface area (Å²) in [4.78, 5) is 13.2. The minimum absolute atomic E-state index is 0.127. The van der Waals surface area contributed by atoms with Crippen LogP contribution in [0.3, 0.4) is 0 Å². The summed E-state index contributed by atoms with van der Waals surface area (Å²) in [5.41, 5.74) is 0.864. The maximum absolute atomic E-state index is 14.6. The van der Waals surface area contributed by atoms with Crippen LogP contribution >= 0.6 is 0 Å². The Morgan fingerprint density at radius 3 is 2.52 bits per heavy atom. The molecule has 1 saturated carbocycles. The molecule has 0 saturated heterocycles. The van der Waals surface area contributed by atoms with Gasteiger partial charge in [-0.2, -0.15) is 0 Å². The Balaban J connectivity index is 1.44. The van der Waals surface area contributed by atoms with Crippen LogP contribution in [0, 0.1) is 11.6 Å². The Bertz CT molecular complexity index is 1120. The summed E-state index contributed by atoms with van der Waals surface area (Å²) in [7, 11) is 0. The first-order valence-electron chi connectivity index (χ1n) is 10.9. The molecule has 1 N–H and O–H groups in total. The minimum atomic E-state index is -0.748. The monoisotopic (exact) mass is 422 g/mol. The third-order valence-electron chi connectivity index (χ3n) is 6.62. The molecule has 2 heterocycles. The lowest BCUT2D eigenvalue weighted by Gasteiger charge is -2.40. The van der Waals surface area contributed by atoms with Crippen LogP contribution in [0.1, 0.15) is 49.9 Å². The van der Waals surface area contributed by atoms with Crippen molar-refractivity contribution in [2.45, 2.75) is 56.9 Å². The van der Waals surface area contributed by atoms with Crippen molar-refractivity contribution in [1.82, 2.24) is 14.8 Å². The van der Waals surface area contributed by atoms with Crippen molar-refractivity contribution in [3.8, 4) is 11.4 Å². The average molecular weight is 422 g/mol. The molecule has 0 radical (unpaired) electrons. The summed E-state index contributed by atoms with van der Waals surface area (Å²) in [5.74, 6) is 0.545. The number of aromatic nitrogens is 3. The van der Waals surface area contributed by atoms with Gasteiger partial charge in [-0.25, -0.2) is 8.78 Å². The first-order valence-corrected chi connectivity index (χ1v) is 10.9. The maximum Gasteiger partial charge on any atom is 0.235 e. The zero-order valence-corrected chi connectivity index (χ0v) is 17.2. The Kier molecular flexibility index (Phi) is 5.04. The van der Waals surface area contributed by atoms with E-state index in [9.17, 15) is 13.6 Å². The van der Waals surface area contributed by atoms with Crippen molar-refractivity contribution in [3.05, 3.63) is 65.5 Å². The van der Waals surface area contributed by atoms with E-state index >= 15 is 0 Å². The summed E-state index contributed by atoms with van der Waals surface area (Å²) < 4.78 is 30.1. The Morgan fingerprint density at radius 1 is 0.968 bits per heavy atom. The second-order valence-electron chi connectivity index (χ2n) is 8.49. The van der Waals surface area contributed by atoms with Crippen molar-refractivity contribution < 1.29 is 13.6 Å². The first-order chi connectivity index (χ1) is 15.1. The van der Waals surface area contributed by atoms with E-state index in [-0.39, 0.29) is 17.4 Å². The predicted molar refractivity (Wildman–Crippen MR) is 114 cm³/mol. The highest BCUT2D eigenvalue weighted by Gasteiger charge is 2.45. The Labute approximate surface area is 179 Å². The van der Waals surface area contributed by atoms with Gasteiger partial charge in [0.05, 0.1) is 11.1 Å². The van der Waals surface area contributed by atoms with Crippen LogP contribution in [0.4, 0.5) is 14.5 Å². The van der Waals surface area contributed by atoms with E-state index in [1.54, 1.807) is 24.3 Å². The van der Waals surface area contributed by atoms with Gasteiger partial charge in [0.2, 0.25) is 5.91 Å².